The van der Waals surface area contributed by atoms with E-state index in [0.717, 1.165) is 29.3 Å². The normalized spacial score (nSPS) is 16.4. The van der Waals surface area contributed by atoms with Crippen LogP contribution in [-0.2, 0) is 4.74 Å². The Morgan fingerprint density at radius 1 is 0.917 bits per heavy atom. The number of rotatable bonds is 6. The van der Waals surface area contributed by atoms with E-state index in [1.165, 1.54) is 32.4 Å². The van der Waals surface area contributed by atoms with Crippen LogP contribution >= 0.6 is 24.0 Å². The summed E-state index contributed by atoms with van der Waals surface area (Å²) in [7, 11) is 0. The van der Waals surface area contributed by atoms with Crippen molar-refractivity contribution in [1.29, 1.82) is 0 Å². The van der Waals surface area contributed by atoms with Crippen molar-refractivity contribution in [2.24, 2.45) is 0 Å². The lowest BCUT2D eigenvalue weighted by atomic mass is 10.0. The average molecular weight is 366 g/mol. The molecule has 130 valence electrons. The molecule has 4 heteroatoms. The molecule has 1 saturated heterocycles. The molecule has 0 aliphatic carbocycles. The minimum Gasteiger partial charge on any atom is -0.367 e. The third-order valence-corrected chi connectivity index (χ3v) is 4.77. The summed E-state index contributed by atoms with van der Waals surface area (Å²) < 4.78 is 6.27. The van der Waals surface area contributed by atoms with Crippen molar-refractivity contribution >= 4 is 24.0 Å². The molecular weight excluding hydrogens is 341 g/mol. The Morgan fingerprint density at radius 2 is 1.58 bits per heavy atom. The predicted molar refractivity (Wildman–Crippen MR) is 103 cm³/mol. The van der Waals surface area contributed by atoms with Gasteiger partial charge in [-0.3, -0.25) is 0 Å². The van der Waals surface area contributed by atoms with Crippen molar-refractivity contribution < 1.29 is 4.74 Å². The van der Waals surface area contributed by atoms with Gasteiger partial charge in [0.05, 0.1) is 6.61 Å². The summed E-state index contributed by atoms with van der Waals surface area (Å²) in [4.78, 5) is 2.50. The average Bonchev–Trinajstić information content (AvgIpc) is 2.61. The zero-order valence-corrected chi connectivity index (χ0v) is 15.4. The molecule has 1 aliphatic rings. The first-order valence-electron chi connectivity index (χ1n) is 8.48. The van der Waals surface area contributed by atoms with Crippen molar-refractivity contribution in [1.82, 2.24) is 4.90 Å². The summed E-state index contributed by atoms with van der Waals surface area (Å²) in [5.74, 6) is 0. The minimum atomic E-state index is -0.102. The van der Waals surface area contributed by atoms with Gasteiger partial charge >= 0.3 is 0 Å². The van der Waals surface area contributed by atoms with Crippen LogP contribution in [0.2, 0.25) is 5.02 Å². The lowest BCUT2D eigenvalue weighted by Crippen LogP contribution is -2.33. The zero-order valence-electron chi connectivity index (χ0n) is 13.9. The van der Waals surface area contributed by atoms with Crippen LogP contribution in [0.3, 0.4) is 0 Å². The molecule has 0 N–H and O–H groups in total. The number of halogens is 2. The lowest BCUT2D eigenvalue weighted by molar-refractivity contribution is 0.0558. The number of nitrogens with zero attached hydrogens (tertiary/aromatic N) is 1. The molecule has 1 atom stereocenters. The molecule has 2 aromatic rings. The van der Waals surface area contributed by atoms with Crippen LogP contribution in [0.1, 0.15) is 36.5 Å². The van der Waals surface area contributed by atoms with Gasteiger partial charge in [0.25, 0.3) is 0 Å². The van der Waals surface area contributed by atoms with E-state index in [4.69, 9.17) is 16.3 Å². The van der Waals surface area contributed by atoms with Crippen molar-refractivity contribution in [3.63, 3.8) is 0 Å². The number of benzene rings is 2. The van der Waals surface area contributed by atoms with Crippen LogP contribution in [0.5, 0.6) is 0 Å². The summed E-state index contributed by atoms with van der Waals surface area (Å²) in [5.41, 5.74) is 2.19. The van der Waals surface area contributed by atoms with Crippen LogP contribution in [-0.4, -0.2) is 31.1 Å². The molecule has 1 aliphatic heterocycles. The molecule has 0 amide bonds. The Balaban J connectivity index is 0.00000208. The molecule has 2 aromatic carbocycles. The Kier molecular flexibility index (Phi) is 8.07. The van der Waals surface area contributed by atoms with Crippen LogP contribution in [0, 0.1) is 0 Å². The van der Waals surface area contributed by atoms with Crippen molar-refractivity contribution in [2.75, 3.05) is 26.2 Å². The quantitative estimate of drug-likeness (QED) is 0.683. The van der Waals surface area contributed by atoms with Gasteiger partial charge in [0.15, 0.2) is 0 Å². The fourth-order valence-corrected chi connectivity index (χ4v) is 3.40. The standard InChI is InChI=1S/C20H24ClNO.ClH/c21-19-12-6-5-11-18(19)20(17-9-3-1-4-10-17)23-16-15-22-13-7-2-8-14-22;/h1,3-6,9-12,20H,2,7-8,13-16H2;1H. The lowest BCUT2D eigenvalue weighted by Gasteiger charge is -2.27. The number of hydrogen-bond donors (Lipinski definition) is 0. The monoisotopic (exact) mass is 365 g/mol. The number of piperidine rings is 1. The van der Waals surface area contributed by atoms with Crippen LogP contribution in [0.4, 0.5) is 0 Å². The molecule has 3 rings (SSSR count). The topological polar surface area (TPSA) is 12.5 Å². The van der Waals surface area contributed by atoms with Gasteiger partial charge in [-0.15, -0.1) is 12.4 Å². The number of ether oxygens (including phenoxy) is 1. The van der Waals surface area contributed by atoms with E-state index in [0.29, 0.717) is 0 Å². The third kappa shape index (κ3) is 5.22. The van der Waals surface area contributed by atoms with E-state index >= 15 is 0 Å². The number of likely N-dealkylation sites (tertiary alicyclic amines) is 1. The first-order chi connectivity index (χ1) is 11.3. The van der Waals surface area contributed by atoms with Gasteiger partial charge in [-0.1, -0.05) is 66.6 Å². The van der Waals surface area contributed by atoms with Gasteiger partial charge in [0.1, 0.15) is 6.10 Å². The van der Waals surface area contributed by atoms with Crippen LogP contribution in [0.15, 0.2) is 54.6 Å². The van der Waals surface area contributed by atoms with E-state index in [9.17, 15) is 0 Å². The van der Waals surface area contributed by atoms with E-state index in [1.807, 2.05) is 36.4 Å². The molecular formula is C20H25Cl2NO. The van der Waals surface area contributed by atoms with Gasteiger partial charge < -0.3 is 9.64 Å². The minimum absolute atomic E-state index is 0. The Bertz CT molecular complexity index is 600. The van der Waals surface area contributed by atoms with Gasteiger partial charge in [-0.25, -0.2) is 0 Å². The molecule has 0 bridgehead atoms. The Morgan fingerprint density at radius 3 is 2.29 bits per heavy atom. The number of hydrogen-bond acceptors (Lipinski definition) is 2. The molecule has 0 radical (unpaired) electrons. The van der Waals surface area contributed by atoms with E-state index < -0.39 is 0 Å². The maximum absolute atomic E-state index is 6.41. The first kappa shape index (κ1) is 19.3. The molecule has 1 unspecified atom stereocenters. The SMILES string of the molecule is Cl.Clc1ccccc1C(OCCN1CCCCC1)c1ccccc1. The van der Waals surface area contributed by atoms with Crippen molar-refractivity contribution in [2.45, 2.75) is 25.4 Å². The third-order valence-electron chi connectivity index (χ3n) is 4.43. The highest BCUT2D eigenvalue weighted by molar-refractivity contribution is 6.31. The largest absolute Gasteiger partial charge is 0.367 e. The van der Waals surface area contributed by atoms with E-state index in [-0.39, 0.29) is 18.5 Å². The molecule has 1 fully saturated rings. The molecule has 0 saturated carbocycles. The maximum Gasteiger partial charge on any atom is 0.109 e. The van der Waals surface area contributed by atoms with Gasteiger partial charge in [0.2, 0.25) is 0 Å². The summed E-state index contributed by atoms with van der Waals surface area (Å²) in [6.45, 7) is 4.12. The second kappa shape index (κ2) is 10.0. The molecule has 2 nitrogen and oxygen atoms in total. The highest BCUT2D eigenvalue weighted by atomic mass is 35.5. The molecule has 24 heavy (non-hydrogen) atoms. The van der Waals surface area contributed by atoms with Gasteiger partial charge in [-0.2, -0.15) is 0 Å². The summed E-state index contributed by atoms with van der Waals surface area (Å²) in [6, 6.07) is 18.3. The fraction of sp³-hybridized carbons (Fsp3) is 0.400. The smallest absolute Gasteiger partial charge is 0.109 e. The van der Waals surface area contributed by atoms with Crippen LogP contribution < -0.4 is 0 Å². The van der Waals surface area contributed by atoms with Crippen molar-refractivity contribution in [3.05, 3.63) is 70.7 Å². The van der Waals surface area contributed by atoms with E-state index in [1.54, 1.807) is 0 Å². The first-order valence-corrected chi connectivity index (χ1v) is 8.86. The summed E-state index contributed by atoms with van der Waals surface area (Å²) in [5, 5.41) is 0.763. The summed E-state index contributed by atoms with van der Waals surface area (Å²) >= 11 is 6.41. The predicted octanol–water partition coefficient (Wildman–Crippen LogP) is 5.35. The van der Waals surface area contributed by atoms with Crippen LogP contribution in [0.25, 0.3) is 0 Å². The zero-order chi connectivity index (χ0) is 15.9. The molecule has 1 heterocycles. The summed E-state index contributed by atoms with van der Waals surface area (Å²) in [6.07, 6.45) is 3.89. The van der Waals surface area contributed by atoms with Crippen molar-refractivity contribution in [3.8, 4) is 0 Å². The maximum atomic E-state index is 6.41. The molecule has 0 spiro atoms. The Hall–Kier alpha value is -1.06. The van der Waals surface area contributed by atoms with Gasteiger partial charge in [0, 0.05) is 17.1 Å². The highest BCUT2D eigenvalue weighted by Gasteiger charge is 2.18. The highest BCUT2D eigenvalue weighted by Crippen LogP contribution is 2.31. The molecule has 0 aromatic heterocycles. The van der Waals surface area contributed by atoms with E-state index in [2.05, 4.69) is 23.1 Å². The second-order valence-electron chi connectivity index (χ2n) is 6.09. The Labute approximate surface area is 156 Å². The second-order valence-corrected chi connectivity index (χ2v) is 6.49. The van der Waals surface area contributed by atoms with Gasteiger partial charge in [-0.05, 0) is 37.6 Å². The fourth-order valence-electron chi connectivity index (χ4n) is 3.16.